The molecular weight excluding hydrogens is 508 g/mol. The minimum absolute atomic E-state index is 0.329. The molecule has 0 unspecified atom stereocenters. The summed E-state index contributed by atoms with van der Waals surface area (Å²) in [5.41, 5.74) is 5.10. The Labute approximate surface area is 228 Å². The second-order valence-electron chi connectivity index (χ2n) is 8.58. The first-order valence-electron chi connectivity index (χ1n) is 12.2. The topological polar surface area (TPSA) is 98.2 Å². The van der Waals surface area contributed by atoms with Gasteiger partial charge in [-0.2, -0.15) is 5.10 Å². The molecule has 3 heterocycles. The summed E-state index contributed by atoms with van der Waals surface area (Å²) in [6.45, 7) is 0. The van der Waals surface area contributed by atoms with E-state index in [0.717, 1.165) is 11.5 Å². The molecule has 39 heavy (non-hydrogen) atoms. The average Bonchev–Trinajstić information content (AvgIpc) is 3.60. The molecule has 6 aromatic rings. The van der Waals surface area contributed by atoms with Gasteiger partial charge < -0.3 is 4.42 Å². The van der Waals surface area contributed by atoms with Gasteiger partial charge in [0.1, 0.15) is 11.6 Å². The maximum absolute atomic E-state index is 12.2. The smallest absolute Gasteiger partial charge is 0.271 e. The fraction of sp³-hybridized carbons (Fsp3) is 0.0333. The van der Waals surface area contributed by atoms with Crippen LogP contribution in [-0.4, -0.2) is 31.9 Å². The van der Waals surface area contributed by atoms with Crippen molar-refractivity contribution in [2.24, 2.45) is 5.10 Å². The van der Waals surface area contributed by atoms with E-state index in [9.17, 15) is 4.79 Å². The zero-order valence-electron chi connectivity index (χ0n) is 20.6. The first-order chi connectivity index (χ1) is 19.2. The molecule has 1 amide bonds. The largest absolute Gasteiger partial charge is 0.448 e. The molecule has 0 bridgehead atoms. The Bertz CT molecular complexity index is 1760. The van der Waals surface area contributed by atoms with Gasteiger partial charge in [-0.15, -0.1) is 10.2 Å². The molecule has 0 aliphatic heterocycles. The van der Waals surface area contributed by atoms with Crippen LogP contribution in [0, 0.1) is 0 Å². The number of nitrogens with zero attached hydrogens (tertiary/aromatic N) is 5. The zero-order chi connectivity index (χ0) is 26.4. The Kier molecular flexibility index (Phi) is 6.96. The molecule has 0 aliphatic rings. The highest BCUT2D eigenvalue weighted by Gasteiger charge is 2.18. The van der Waals surface area contributed by atoms with Crippen molar-refractivity contribution in [3.63, 3.8) is 0 Å². The van der Waals surface area contributed by atoms with E-state index in [4.69, 9.17) is 4.42 Å². The Morgan fingerprint density at radius 2 is 1.69 bits per heavy atom. The maximum Gasteiger partial charge on any atom is 0.271 e. The summed E-state index contributed by atoms with van der Waals surface area (Å²) >= 11 is 1.37. The van der Waals surface area contributed by atoms with E-state index in [1.807, 2.05) is 42.5 Å². The predicted octanol–water partition coefficient (Wildman–Crippen LogP) is 5.91. The normalized spacial score (nSPS) is 11.3. The summed E-state index contributed by atoms with van der Waals surface area (Å²) in [6.07, 6.45) is 5.18. The highest BCUT2D eigenvalue weighted by molar-refractivity contribution is 7.99. The minimum Gasteiger partial charge on any atom is -0.448 e. The Hall–Kier alpha value is -5.02. The van der Waals surface area contributed by atoms with Crippen LogP contribution in [0.5, 0.6) is 0 Å². The summed E-state index contributed by atoms with van der Waals surface area (Å²) in [6, 6.07) is 31.6. The van der Waals surface area contributed by atoms with Gasteiger partial charge in [0.15, 0.2) is 5.09 Å². The lowest BCUT2D eigenvalue weighted by atomic mass is 10.0. The molecule has 0 aliphatic carbocycles. The molecule has 0 saturated heterocycles. The van der Waals surface area contributed by atoms with Crippen molar-refractivity contribution < 1.29 is 9.21 Å². The quantitative estimate of drug-likeness (QED) is 0.194. The number of furan rings is 1. The first kappa shape index (κ1) is 24.3. The van der Waals surface area contributed by atoms with Gasteiger partial charge in [-0.3, -0.25) is 14.3 Å². The van der Waals surface area contributed by atoms with Gasteiger partial charge in [0.05, 0.1) is 6.21 Å². The van der Waals surface area contributed by atoms with E-state index in [2.05, 4.69) is 66.7 Å². The standard InChI is InChI=1S/C30H22N6O2S/c37-29(22-15-17-31-18-16-22)34-32-20-25-13-14-28(38-25)39-30-35-33-27(36(30)24-10-2-1-3-11-24)19-23-9-6-8-21-7-4-5-12-26(21)23/h1-18,20H,19H2,(H,34,37)/b32-20+. The number of amides is 1. The van der Waals surface area contributed by atoms with Gasteiger partial charge in [-0.05, 0) is 64.5 Å². The zero-order valence-corrected chi connectivity index (χ0v) is 21.5. The number of carbonyl (C=O) groups excluding carboxylic acids is 1. The van der Waals surface area contributed by atoms with Crippen LogP contribution in [0.3, 0.4) is 0 Å². The van der Waals surface area contributed by atoms with Crippen LogP contribution < -0.4 is 5.43 Å². The van der Waals surface area contributed by atoms with Crippen molar-refractivity contribution in [2.75, 3.05) is 0 Å². The molecule has 9 heteroatoms. The fourth-order valence-corrected chi connectivity index (χ4v) is 5.04. The van der Waals surface area contributed by atoms with Crippen LogP contribution in [0.25, 0.3) is 16.5 Å². The number of nitrogens with one attached hydrogen (secondary N) is 1. The van der Waals surface area contributed by atoms with Crippen molar-refractivity contribution in [2.45, 2.75) is 16.7 Å². The number of carbonyl (C=O) groups is 1. The lowest BCUT2D eigenvalue weighted by Crippen LogP contribution is -2.17. The van der Waals surface area contributed by atoms with Crippen molar-refractivity contribution in [3.8, 4) is 5.69 Å². The second-order valence-corrected chi connectivity index (χ2v) is 9.55. The Morgan fingerprint density at radius 1 is 0.897 bits per heavy atom. The summed E-state index contributed by atoms with van der Waals surface area (Å²) in [7, 11) is 0. The van der Waals surface area contributed by atoms with Crippen molar-refractivity contribution in [3.05, 3.63) is 132 Å². The number of benzene rings is 3. The third-order valence-electron chi connectivity index (χ3n) is 6.04. The van der Waals surface area contributed by atoms with Crippen LogP contribution in [0.4, 0.5) is 0 Å². The van der Waals surface area contributed by atoms with E-state index >= 15 is 0 Å². The van der Waals surface area contributed by atoms with E-state index in [0.29, 0.717) is 28.0 Å². The molecular formula is C30H22N6O2S. The molecule has 0 radical (unpaired) electrons. The predicted molar refractivity (Wildman–Crippen MR) is 150 cm³/mol. The molecule has 0 atom stereocenters. The first-order valence-corrected chi connectivity index (χ1v) is 13.0. The van der Waals surface area contributed by atoms with Gasteiger partial charge >= 0.3 is 0 Å². The van der Waals surface area contributed by atoms with Crippen LogP contribution in [0.15, 0.2) is 129 Å². The second kappa shape index (κ2) is 11.2. The molecule has 8 nitrogen and oxygen atoms in total. The van der Waals surface area contributed by atoms with Gasteiger partial charge in [-0.25, -0.2) is 5.43 Å². The van der Waals surface area contributed by atoms with Gasteiger partial charge in [-0.1, -0.05) is 60.7 Å². The van der Waals surface area contributed by atoms with Crippen molar-refractivity contribution in [1.82, 2.24) is 25.2 Å². The molecule has 0 spiro atoms. The Balaban J connectivity index is 1.24. The lowest BCUT2D eigenvalue weighted by Gasteiger charge is -2.11. The summed E-state index contributed by atoms with van der Waals surface area (Å²) < 4.78 is 7.98. The van der Waals surface area contributed by atoms with Crippen molar-refractivity contribution in [1.29, 1.82) is 0 Å². The van der Waals surface area contributed by atoms with Crippen LogP contribution in [0.2, 0.25) is 0 Å². The van der Waals surface area contributed by atoms with Crippen LogP contribution in [-0.2, 0) is 6.42 Å². The number of hydrogen-bond donors (Lipinski definition) is 1. The number of hydrazone groups is 1. The summed E-state index contributed by atoms with van der Waals surface area (Å²) in [5.74, 6) is 0.992. The van der Waals surface area contributed by atoms with Gasteiger partial charge in [0.25, 0.3) is 5.91 Å². The van der Waals surface area contributed by atoms with Gasteiger partial charge in [0.2, 0.25) is 5.16 Å². The number of hydrogen-bond acceptors (Lipinski definition) is 7. The SMILES string of the molecule is O=C(N/N=C/c1ccc(Sc2nnc(Cc3cccc4ccccc34)n2-c2ccccc2)o1)c1ccncc1. The number of para-hydroxylation sites is 1. The van der Waals surface area contributed by atoms with E-state index in [1.54, 1.807) is 30.6 Å². The van der Waals surface area contributed by atoms with Crippen molar-refractivity contribution >= 4 is 34.7 Å². The number of rotatable bonds is 8. The lowest BCUT2D eigenvalue weighted by molar-refractivity contribution is 0.0955. The molecule has 6 rings (SSSR count). The molecule has 3 aromatic carbocycles. The third-order valence-corrected chi connectivity index (χ3v) is 6.91. The highest BCUT2D eigenvalue weighted by Crippen LogP contribution is 2.31. The summed E-state index contributed by atoms with van der Waals surface area (Å²) in [4.78, 5) is 16.1. The molecule has 3 aromatic heterocycles. The summed E-state index contributed by atoms with van der Waals surface area (Å²) in [5, 5.41) is 16.8. The molecule has 0 fully saturated rings. The third kappa shape index (κ3) is 5.48. The molecule has 1 N–H and O–H groups in total. The Morgan fingerprint density at radius 3 is 2.56 bits per heavy atom. The molecule has 0 saturated carbocycles. The van der Waals surface area contributed by atoms with E-state index < -0.39 is 0 Å². The minimum atomic E-state index is -0.329. The van der Waals surface area contributed by atoms with Crippen LogP contribution in [0.1, 0.15) is 27.5 Å². The number of fused-ring (bicyclic) bond motifs is 1. The monoisotopic (exact) mass is 530 g/mol. The van der Waals surface area contributed by atoms with E-state index in [-0.39, 0.29) is 5.91 Å². The van der Waals surface area contributed by atoms with Crippen LogP contribution >= 0.6 is 11.8 Å². The highest BCUT2D eigenvalue weighted by atomic mass is 32.2. The average molecular weight is 531 g/mol. The number of aromatic nitrogens is 4. The molecule has 190 valence electrons. The van der Waals surface area contributed by atoms with Gasteiger partial charge in [0, 0.05) is 30.1 Å². The maximum atomic E-state index is 12.2. The fourth-order valence-electron chi connectivity index (χ4n) is 4.21. The number of pyridine rings is 1. The van der Waals surface area contributed by atoms with E-state index in [1.165, 1.54) is 34.3 Å².